The lowest BCUT2D eigenvalue weighted by Gasteiger charge is -2.12. The van der Waals surface area contributed by atoms with Gasteiger partial charge in [-0.3, -0.25) is 10.1 Å². The molecule has 0 aromatic carbocycles. The van der Waals surface area contributed by atoms with E-state index in [1.807, 2.05) is 6.07 Å². The number of hydrazone groups is 1. The first-order chi connectivity index (χ1) is 7.40. The lowest BCUT2D eigenvalue weighted by molar-refractivity contribution is 0.310. The first kappa shape index (κ1) is 10.2. The lowest BCUT2D eigenvalue weighted by Crippen LogP contribution is -2.15. The topological polar surface area (TPSA) is 44.3 Å². The van der Waals surface area contributed by atoms with Crippen LogP contribution in [0.4, 0.5) is 0 Å². The molecule has 0 saturated heterocycles. The second kappa shape index (κ2) is 4.96. The molecular formula is C11H18N4. The molecule has 1 aliphatic heterocycles. The average molecular weight is 206 g/mol. The van der Waals surface area contributed by atoms with Gasteiger partial charge in [0.1, 0.15) is 0 Å². The molecule has 0 unspecified atom stereocenters. The Morgan fingerprint density at radius 1 is 1.47 bits per heavy atom. The van der Waals surface area contributed by atoms with Gasteiger partial charge in [-0.1, -0.05) is 19.8 Å². The standard InChI is InChI=1S/C11H18N4/c1-2-3-4-8-15-9-6-11(14-15)10-5-7-12-13-10/h5,7H,2-4,6,8-9H2,1H3,(H,12,13). The van der Waals surface area contributed by atoms with E-state index in [4.69, 9.17) is 0 Å². The minimum Gasteiger partial charge on any atom is -0.296 e. The smallest absolute Gasteiger partial charge is 0.0873 e. The Labute approximate surface area is 90.4 Å². The van der Waals surface area contributed by atoms with Gasteiger partial charge in [-0.15, -0.1) is 0 Å². The quantitative estimate of drug-likeness (QED) is 0.749. The van der Waals surface area contributed by atoms with E-state index < -0.39 is 0 Å². The van der Waals surface area contributed by atoms with Crippen molar-refractivity contribution in [2.45, 2.75) is 32.6 Å². The van der Waals surface area contributed by atoms with Crippen molar-refractivity contribution in [3.8, 4) is 0 Å². The van der Waals surface area contributed by atoms with Crippen molar-refractivity contribution < 1.29 is 0 Å². The maximum absolute atomic E-state index is 4.58. The number of hydrogen-bond acceptors (Lipinski definition) is 3. The molecule has 82 valence electrons. The van der Waals surface area contributed by atoms with Crippen LogP contribution in [0.15, 0.2) is 17.4 Å². The number of unbranched alkanes of at least 4 members (excludes halogenated alkanes) is 2. The number of H-pyrrole nitrogens is 1. The number of nitrogens with one attached hydrogen (secondary N) is 1. The van der Waals surface area contributed by atoms with Crippen LogP contribution in [-0.2, 0) is 0 Å². The molecule has 0 fully saturated rings. The molecule has 1 aromatic heterocycles. The summed E-state index contributed by atoms with van der Waals surface area (Å²) in [6, 6.07) is 1.98. The zero-order valence-electron chi connectivity index (χ0n) is 9.24. The summed E-state index contributed by atoms with van der Waals surface area (Å²) in [7, 11) is 0. The molecule has 0 spiro atoms. The number of aromatic amines is 1. The fourth-order valence-corrected chi connectivity index (χ4v) is 1.82. The molecule has 15 heavy (non-hydrogen) atoms. The van der Waals surface area contributed by atoms with Crippen LogP contribution >= 0.6 is 0 Å². The van der Waals surface area contributed by atoms with Crippen LogP contribution in [0.3, 0.4) is 0 Å². The monoisotopic (exact) mass is 206 g/mol. The second-order valence-corrected chi connectivity index (χ2v) is 3.93. The maximum atomic E-state index is 4.58. The predicted molar refractivity (Wildman–Crippen MR) is 60.8 cm³/mol. The Kier molecular flexibility index (Phi) is 3.37. The number of aromatic nitrogens is 2. The van der Waals surface area contributed by atoms with Crippen LogP contribution in [0, 0.1) is 0 Å². The Morgan fingerprint density at radius 3 is 3.13 bits per heavy atom. The first-order valence-corrected chi connectivity index (χ1v) is 5.72. The second-order valence-electron chi connectivity index (χ2n) is 3.93. The summed E-state index contributed by atoms with van der Waals surface area (Å²) >= 11 is 0. The summed E-state index contributed by atoms with van der Waals surface area (Å²) in [6.07, 6.45) is 6.62. The summed E-state index contributed by atoms with van der Waals surface area (Å²) in [6.45, 7) is 4.37. The fourth-order valence-electron chi connectivity index (χ4n) is 1.82. The average Bonchev–Trinajstić information content (AvgIpc) is 2.87. The Balaban J connectivity index is 1.86. The van der Waals surface area contributed by atoms with E-state index in [0.717, 1.165) is 30.9 Å². The van der Waals surface area contributed by atoms with Crippen LogP contribution in [-0.4, -0.2) is 34.0 Å². The van der Waals surface area contributed by atoms with Crippen LogP contribution in [0.1, 0.15) is 38.3 Å². The third-order valence-corrected chi connectivity index (χ3v) is 2.70. The predicted octanol–water partition coefficient (Wildman–Crippen LogP) is 2.01. The molecule has 2 rings (SSSR count). The molecule has 0 aliphatic carbocycles. The summed E-state index contributed by atoms with van der Waals surface area (Å²) in [5.74, 6) is 0. The van der Waals surface area contributed by atoms with Crippen LogP contribution in [0.25, 0.3) is 0 Å². The highest BCUT2D eigenvalue weighted by atomic mass is 15.5. The molecule has 0 saturated carbocycles. The molecule has 4 nitrogen and oxygen atoms in total. The molecule has 0 amide bonds. The number of hydrogen-bond donors (Lipinski definition) is 1. The number of rotatable bonds is 5. The zero-order chi connectivity index (χ0) is 10.5. The van der Waals surface area contributed by atoms with Gasteiger partial charge >= 0.3 is 0 Å². The SMILES string of the molecule is CCCCCN1CCC(c2ccn[nH]2)=N1. The molecule has 0 bridgehead atoms. The molecule has 1 N–H and O–H groups in total. The van der Waals surface area contributed by atoms with Crippen molar-refractivity contribution in [3.05, 3.63) is 18.0 Å². The minimum absolute atomic E-state index is 1.04. The Morgan fingerprint density at radius 2 is 2.40 bits per heavy atom. The minimum atomic E-state index is 1.04. The summed E-state index contributed by atoms with van der Waals surface area (Å²) in [5.41, 5.74) is 2.21. The highest BCUT2D eigenvalue weighted by Crippen LogP contribution is 2.12. The van der Waals surface area contributed by atoms with Crippen molar-refractivity contribution in [2.75, 3.05) is 13.1 Å². The zero-order valence-corrected chi connectivity index (χ0v) is 9.24. The maximum Gasteiger partial charge on any atom is 0.0873 e. The highest BCUT2D eigenvalue weighted by Gasteiger charge is 2.15. The van der Waals surface area contributed by atoms with Crippen LogP contribution < -0.4 is 0 Å². The van der Waals surface area contributed by atoms with Gasteiger partial charge in [0.15, 0.2) is 0 Å². The van der Waals surface area contributed by atoms with E-state index in [1.54, 1.807) is 6.20 Å². The van der Waals surface area contributed by atoms with Gasteiger partial charge in [0.05, 0.1) is 11.4 Å². The molecule has 0 atom stereocenters. The molecule has 0 radical (unpaired) electrons. The molecule has 4 heteroatoms. The van der Waals surface area contributed by atoms with Crippen molar-refractivity contribution >= 4 is 5.71 Å². The summed E-state index contributed by atoms with van der Waals surface area (Å²) in [4.78, 5) is 0. The van der Waals surface area contributed by atoms with Gasteiger partial charge < -0.3 is 0 Å². The molecule has 1 aliphatic rings. The van der Waals surface area contributed by atoms with E-state index in [0.29, 0.717) is 0 Å². The normalized spacial score (nSPS) is 15.8. The van der Waals surface area contributed by atoms with Crippen LogP contribution in [0.5, 0.6) is 0 Å². The highest BCUT2D eigenvalue weighted by molar-refractivity contribution is 5.99. The number of nitrogens with zero attached hydrogens (tertiary/aromatic N) is 3. The van der Waals surface area contributed by atoms with Crippen molar-refractivity contribution in [1.29, 1.82) is 0 Å². The fraction of sp³-hybridized carbons (Fsp3) is 0.636. The van der Waals surface area contributed by atoms with E-state index in [1.165, 1.54) is 19.3 Å². The molecular weight excluding hydrogens is 188 g/mol. The van der Waals surface area contributed by atoms with E-state index >= 15 is 0 Å². The Hall–Kier alpha value is -1.32. The van der Waals surface area contributed by atoms with Gasteiger partial charge in [-0.25, -0.2) is 0 Å². The van der Waals surface area contributed by atoms with E-state index in [2.05, 4.69) is 27.2 Å². The largest absolute Gasteiger partial charge is 0.296 e. The third-order valence-electron chi connectivity index (χ3n) is 2.70. The van der Waals surface area contributed by atoms with Crippen molar-refractivity contribution in [1.82, 2.24) is 15.2 Å². The van der Waals surface area contributed by atoms with Gasteiger partial charge in [-0.2, -0.15) is 10.2 Å². The summed E-state index contributed by atoms with van der Waals surface area (Å²) < 4.78 is 0. The van der Waals surface area contributed by atoms with Gasteiger partial charge in [0, 0.05) is 25.7 Å². The van der Waals surface area contributed by atoms with Gasteiger partial charge in [0.25, 0.3) is 0 Å². The summed E-state index contributed by atoms with van der Waals surface area (Å²) in [5, 5.41) is 13.7. The first-order valence-electron chi connectivity index (χ1n) is 5.72. The molecule has 1 aromatic rings. The van der Waals surface area contributed by atoms with E-state index in [-0.39, 0.29) is 0 Å². The van der Waals surface area contributed by atoms with Gasteiger partial charge in [-0.05, 0) is 12.5 Å². The lowest BCUT2D eigenvalue weighted by atomic mass is 10.2. The molecule has 2 heterocycles. The third kappa shape index (κ3) is 2.58. The van der Waals surface area contributed by atoms with Crippen molar-refractivity contribution in [2.24, 2.45) is 5.10 Å². The Bertz CT molecular complexity index is 315. The van der Waals surface area contributed by atoms with Crippen molar-refractivity contribution in [3.63, 3.8) is 0 Å². The van der Waals surface area contributed by atoms with E-state index in [9.17, 15) is 0 Å². The van der Waals surface area contributed by atoms with Gasteiger partial charge in [0.2, 0.25) is 0 Å². The van der Waals surface area contributed by atoms with Crippen LogP contribution in [0.2, 0.25) is 0 Å².